The Labute approximate surface area is 203 Å². The number of fused-ring (bicyclic) bond motifs is 3. The second-order valence-corrected chi connectivity index (χ2v) is 9.35. The largest absolute Gasteiger partial charge is 0.496 e. The highest BCUT2D eigenvalue weighted by atomic mass is 19.1. The lowest BCUT2D eigenvalue weighted by molar-refractivity contribution is 0.0568. The monoisotopic (exact) mass is 473 g/mol. The zero-order valence-electron chi connectivity index (χ0n) is 20.1. The number of pyridine rings is 1. The zero-order valence-corrected chi connectivity index (χ0v) is 20.1. The molecule has 180 valence electrons. The molecule has 2 aromatic heterocycles. The van der Waals surface area contributed by atoms with Gasteiger partial charge in [0.05, 0.1) is 42.0 Å². The van der Waals surface area contributed by atoms with Gasteiger partial charge in [0.2, 0.25) is 0 Å². The fraction of sp³-hybridized carbons (Fsp3) is 0.370. The van der Waals surface area contributed by atoms with Crippen LogP contribution in [0.25, 0.3) is 16.8 Å². The smallest absolute Gasteiger partial charge is 0.128 e. The molecular weight excluding hydrogens is 445 g/mol. The highest BCUT2D eigenvalue weighted by Gasteiger charge is 2.45. The van der Waals surface area contributed by atoms with Crippen molar-refractivity contribution in [3.63, 3.8) is 0 Å². The third kappa shape index (κ3) is 3.46. The summed E-state index contributed by atoms with van der Waals surface area (Å²) in [7, 11) is 3.57. The fourth-order valence-electron chi connectivity index (χ4n) is 5.87. The van der Waals surface area contributed by atoms with E-state index in [-0.39, 0.29) is 23.8 Å². The molecule has 0 radical (unpaired) electrons. The highest BCUT2D eigenvalue weighted by Crippen LogP contribution is 2.52. The molecule has 2 atom stereocenters. The van der Waals surface area contributed by atoms with Crippen molar-refractivity contribution in [2.45, 2.75) is 31.8 Å². The molecule has 0 saturated carbocycles. The molecule has 1 aromatic carbocycles. The molecule has 2 aliphatic heterocycles. The van der Waals surface area contributed by atoms with Crippen LogP contribution in [0.3, 0.4) is 0 Å². The van der Waals surface area contributed by atoms with Crippen molar-refractivity contribution in [1.82, 2.24) is 20.0 Å². The first-order valence-electron chi connectivity index (χ1n) is 12.0. The van der Waals surface area contributed by atoms with Crippen LogP contribution >= 0.6 is 0 Å². The lowest BCUT2D eigenvalue weighted by Crippen LogP contribution is -2.40. The van der Waals surface area contributed by atoms with Crippen LogP contribution < -0.4 is 4.90 Å². The second-order valence-electron chi connectivity index (χ2n) is 9.35. The average Bonchev–Trinajstić information content (AvgIpc) is 3.54. The van der Waals surface area contributed by atoms with E-state index in [0.717, 1.165) is 52.5 Å². The van der Waals surface area contributed by atoms with Gasteiger partial charge in [-0.1, -0.05) is 29.5 Å². The normalized spacial score (nSPS) is 20.3. The molecule has 35 heavy (non-hydrogen) atoms. The summed E-state index contributed by atoms with van der Waals surface area (Å²) >= 11 is 0. The highest BCUT2D eigenvalue weighted by molar-refractivity contribution is 5.93. The quantitative estimate of drug-likeness (QED) is 0.539. The summed E-state index contributed by atoms with van der Waals surface area (Å²) in [6.07, 6.45) is 7.75. The number of anilines is 1. The molecule has 6 rings (SSSR count). The van der Waals surface area contributed by atoms with Gasteiger partial charge in [0.1, 0.15) is 11.6 Å². The number of aryl methyl sites for hydroxylation is 2. The summed E-state index contributed by atoms with van der Waals surface area (Å²) in [6, 6.07) is 9.03. The van der Waals surface area contributed by atoms with E-state index in [1.165, 1.54) is 0 Å². The number of aromatic nitrogens is 4. The molecule has 8 heteroatoms. The number of allylic oxidation sites excluding steroid dienone is 1. The van der Waals surface area contributed by atoms with Gasteiger partial charge in [0.25, 0.3) is 0 Å². The Morgan fingerprint density at radius 2 is 2.00 bits per heavy atom. The van der Waals surface area contributed by atoms with Crippen LogP contribution in [-0.4, -0.2) is 46.3 Å². The minimum Gasteiger partial charge on any atom is -0.496 e. The minimum absolute atomic E-state index is 0.0825. The molecule has 4 heterocycles. The van der Waals surface area contributed by atoms with Gasteiger partial charge >= 0.3 is 0 Å². The first kappa shape index (κ1) is 22.0. The van der Waals surface area contributed by atoms with Crippen LogP contribution in [0.5, 0.6) is 0 Å². The Hall–Kier alpha value is -3.52. The lowest BCUT2D eigenvalue weighted by Gasteiger charge is -2.41. The molecule has 7 nitrogen and oxygen atoms in total. The molecule has 1 aliphatic carbocycles. The number of rotatable bonds is 5. The maximum Gasteiger partial charge on any atom is 0.128 e. The van der Waals surface area contributed by atoms with E-state index in [1.54, 1.807) is 23.9 Å². The summed E-state index contributed by atoms with van der Waals surface area (Å²) in [5.41, 5.74) is 6.27. The Balaban J connectivity index is 1.57. The van der Waals surface area contributed by atoms with E-state index in [1.807, 2.05) is 38.4 Å². The summed E-state index contributed by atoms with van der Waals surface area (Å²) in [6.45, 7) is 3.31. The van der Waals surface area contributed by atoms with E-state index >= 15 is 4.39 Å². The van der Waals surface area contributed by atoms with Gasteiger partial charge in [-0.2, -0.15) is 0 Å². The summed E-state index contributed by atoms with van der Waals surface area (Å²) in [5.74, 6) is 0.848. The standard InChI is InChI=1S/C27H28FN5O2/c1-16-26(32(2)31-30-16)18-14-22-25(29-15-18)24-21(8-9-23(24)34-3)33(22)27(17-10-12-35-13-11-17)19-6-4-5-7-20(19)28/h4-9,14-15,17,21,27H,10-13H2,1-3H3/t21?,27-/m0/s1. The van der Waals surface area contributed by atoms with Gasteiger partial charge in [0.15, 0.2) is 0 Å². The molecule has 3 aromatic rings. The van der Waals surface area contributed by atoms with Crippen LogP contribution in [0.15, 0.2) is 54.4 Å². The van der Waals surface area contributed by atoms with Gasteiger partial charge in [-0.05, 0) is 43.9 Å². The molecule has 1 unspecified atom stereocenters. The van der Waals surface area contributed by atoms with Gasteiger partial charge < -0.3 is 14.4 Å². The lowest BCUT2D eigenvalue weighted by atomic mass is 9.85. The number of methoxy groups -OCH3 is 1. The topological polar surface area (TPSA) is 65.3 Å². The Bertz CT molecular complexity index is 1320. The third-order valence-corrected chi connectivity index (χ3v) is 7.42. The SMILES string of the molecule is COC1=C2c3ncc(-c4c(C)nnn4C)cc3N([C@H](c3ccccc3F)C3CCOCC3)C2C=C1. The van der Waals surface area contributed by atoms with Crippen molar-refractivity contribution in [2.24, 2.45) is 13.0 Å². The molecule has 0 bridgehead atoms. The van der Waals surface area contributed by atoms with Crippen LogP contribution in [0.1, 0.15) is 35.8 Å². The van der Waals surface area contributed by atoms with E-state index < -0.39 is 0 Å². The van der Waals surface area contributed by atoms with Crippen molar-refractivity contribution in [3.05, 3.63) is 77.2 Å². The van der Waals surface area contributed by atoms with Gasteiger partial charge in [-0.3, -0.25) is 4.98 Å². The molecule has 1 saturated heterocycles. The first-order valence-corrected chi connectivity index (χ1v) is 12.0. The summed E-state index contributed by atoms with van der Waals surface area (Å²) in [4.78, 5) is 7.27. The average molecular weight is 474 g/mol. The molecule has 1 fully saturated rings. The Kier molecular flexibility index (Phi) is 5.40. The first-order chi connectivity index (χ1) is 17.1. The number of hydrogen-bond acceptors (Lipinski definition) is 6. The number of ether oxygens (including phenoxy) is 2. The fourth-order valence-corrected chi connectivity index (χ4v) is 5.87. The molecule has 0 amide bonds. The van der Waals surface area contributed by atoms with E-state index in [9.17, 15) is 0 Å². The van der Waals surface area contributed by atoms with E-state index in [2.05, 4.69) is 27.4 Å². The van der Waals surface area contributed by atoms with Crippen LogP contribution in [0, 0.1) is 18.7 Å². The van der Waals surface area contributed by atoms with Crippen molar-refractivity contribution >= 4 is 11.3 Å². The number of benzene rings is 1. The van der Waals surface area contributed by atoms with E-state index in [4.69, 9.17) is 14.5 Å². The number of halogens is 1. The van der Waals surface area contributed by atoms with E-state index in [0.29, 0.717) is 18.8 Å². The Morgan fingerprint density at radius 1 is 1.20 bits per heavy atom. The van der Waals surface area contributed by atoms with Gasteiger partial charge in [0, 0.05) is 43.2 Å². The molecule has 3 aliphatic rings. The summed E-state index contributed by atoms with van der Waals surface area (Å²) in [5, 5.41) is 8.40. The molecule has 0 spiro atoms. The zero-order chi connectivity index (χ0) is 24.1. The van der Waals surface area contributed by atoms with Gasteiger partial charge in [-0.15, -0.1) is 5.10 Å². The van der Waals surface area contributed by atoms with Crippen molar-refractivity contribution in [2.75, 3.05) is 25.2 Å². The number of hydrogen-bond donors (Lipinski definition) is 0. The third-order valence-electron chi connectivity index (χ3n) is 7.42. The summed E-state index contributed by atoms with van der Waals surface area (Å²) < 4.78 is 28.6. The van der Waals surface area contributed by atoms with Crippen LogP contribution in [0.2, 0.25) is 0 Å². The maximum atomic E-state index is 15.4. The Morgan fingerprint density at radius 3 is 2.71 bits per heavy atom. The molecule has 0 N–H and O–H groups in total. The predicted octanol–water partition coefficient (Wildman–Crippen LogP) is 4.61. The van der Waals surface area contributed by atoms with Crippen LogP contribution in [-0.2, 0) is 16.5 Å². The second kappa shape index (κ2) is 8.61. The maximum absolute atomic E-state index is 15.4. The predicted molar refractivity (Wildman–Crippen MR) is 131 cm³/mol. The van der Waals surface area contributed by atoms with Crippen molar-refractivity contribution < 1.29 is 13.9 Å². The molecular formula is C27H28FN5O2. The number of nitrogens with zero attached hydrogens (tertiary/aromatic N) is 5. The van der Waals surface area contributed by atoms with Crippen molar-refractivity contribution in [3.8, 4) is 11.3 Å². The van der Waals surface area contributed by atoms with Gasteiger partial charge in [-0.25, -0.2) is 9.07 Å². The van der Waals surface area contributed by atoms with Crippen molar-refractivity contribution in [1.29, 1.82) is 0 Å². The van der Waals surface area contributed by atoms with Crippen LogP contribution in [0.4, 0.5) is 10.1 Å². The minimum atomic E-state index is -0.187.